The van der Waals surface area contributed by atoms with Crippen LogP contribution in [-0.2, 0) is 13.5 Å². The molecule has 0 spiro atoms. The zero-order valence-corrected chi connectivity index (χ0v) is 6.28. The molecule has 0 saturated heterocycles. The van der Waals surface area contributed by atoms with Gasteiger partial charge >= 0.3 is 0 Å². The second-order valence-electron chi connectivity index (χ2n) is 2.53. The van der Waals surface area contributed by atoms with Crippen molar-refractivity contribution < 1.29 is 5.11 Å². The maximum absolute atomic E-state index is 8.97. The Labute approximate surface area is 60.3 Å². The molecule has 1 heterocycles. The maximum atomic E-state index is 8.97. The monoisotopic (exact) mass is 140 g/mol. The van der Waals surface area contributed by atoms with Crippen LogP contribution < -0.4 is 0 Å². The van der Waals surface area contributed by atoms with Crippen molar-refractivity contribution in [3.05, 3.63) is 18.0 Å². The highest BCUT2D eigenvalue weighted by atomic mass is 16.3. The summed E-state index contributed by atoms with van der Waals surface area (Å²) in [5, 5.41) is 13.1. The van der Waals surface area contributed by atoms with Crippen molar-refractivity contribution >= 4 is 0 Å². The van der Waals surface area contributed by atoms with Gasteiger partial charge in [0.05, 0.1) is 11.8 Å². The molecular formula is C7H12N2O. The quantitative estimate of drug-likeness (QED) is 0.643. The number of aliphatic hydroxyl groups is 1. The number of nitrogens with zero attached hydrogens (tertiary/aromatic N) is 2. The van der Waals surface area contributed by atoms with Crippen molar-refractivity contribution in [1.29, 1.82) is 0 Å². The summed E-state index contributed by atoms with van der Waals surface area (Å²) < 4.78 is 1.73. The molecule has 0 saturated carbocycles. The van der Waals surface area contributed by atoms with Gasteiger partial charge in [-0.15, -0.1) is 0 Å². The van der Waals surface area contributed by atoms with Crippen LogP contribution in [0, 0.1) is 0 Å². The molecule has 3 nitrogen and oxygen atoms in total. The topological polar surface area (TPSA) is 38.0 Å². The summed E-state index contributed by atoms with van der Waals surface area (Å²) in [7, 11) is 1.87. The lowest BCUT2D eigenvalue weighted by atomic mass is 10.2. The highest BCUT2D eigenvalue weighted by Crippen LogP contribution is 1.98. The summed E-state index contributed by atoms with van der Waals surface area (Å²) in [4.78, 5) is 0. The molecule has 0 radical (unpaired) electrons. The van der Waals surface area contributed by atoms with Crippen molar-refractivity contribution in [2.24, 2.45) is 7.05 Å². The standard InChI is InChI=1S/C7H12N2O/c1-6(10)5-7-3-4-9(2)8-7/h3-4,6,10H,5H2,1-2H3. The van der Waals surface area contributed by atoms with Gasteiger partial charge in [0, 0.05) is 19.7 Å². The van der Waals surface area contributed by atoms with E-state index in [4.69, 9.17) is 5.11 Å². The molecule has 1 unspecified atom stereocenters. The number of hydrogen-bond acceptors (Lipinski definition) is 2. The molecule has 0 amide bonds. The zero-order valence-electron chi connectivity index (χ0n) is 6.28. The molecular weight excluding hydrogens is 128 g/mol. The Morgan fingerprint density at radius 1 is 1.80 bits per heavy atom. The van der Waals surface area contributed by atoms with Crippen LogP contribution in [0.5, 0.6) is 0 Å². The minimum Gasteiger partial charge on any atom is -0.393 e. The van der Waals surface area contributed by atoms with Crippen LogP contribution in [0.15, 0.2) is 12.3 Å². The average molecular weight is 140 g/mol. The van der Waals surface area contributed by atoms with Crippen LogP contribution in [-0.4, -0.2) is 21.0 Å². The summed E-state index contributed by atoms with van der Waals surface area (Å²) >= 11 is 0. The molecule has 10 heavy (non-hydrogen) atoms. The Bertz CT molecular complexity index is 205. The first kappa shape index (κ1) is 7.28. The van der Waals surface area contributed by atoms with Crippen molar-refractivity contribution in [2.75, 3.05) is 0 Å². The van der Waals surface area contributed by atoms with Crippen molar-refractivity contribution in [2.45, 2.75) is 19.4 Å². The first-order valence-electron chi connectivity index (χ1n) is 3.35. The highest BCUT2D eigenvalue weighted by Gasteiger charge is 2.00. The van der Waals surface area contributed by atoms with E-state index in [1.807, 2.05) is 19.3 Å². The Kier molecular flexibility index (Phi) is 2.06. The van der Waals surface area contributed by atoms with E-state index in [0.29, 0.717) is 6.42 Å². The molecule has 1 aromatic heterocycles. The fourth-order valence-corrected chi connectivity index (χ4v) is 0.875. The Morgan fingerprint density at radius 3 is 2.90 bits per heavy atom. The van der Waals surface area contributed by atoms with E-state index in [0.717, 1.165) is 5.69 Å². The normalized spacial score (nSPS) is 13.5. The molecule has 0 aliphatic carbocycles. The van der Waals surface area contributed by atoms with E-state index in [9.17, 15) is 0 Å². The SMILES string of the molecule is CC(O)Cc1ccn(C)n1. The smallest absolute Gasteiger partial charge is 0.0650 e. The number of rotatable bonds is 2. The van der Waals surface area contributed by atoms with Gasteiger partial charge in [0.25, 0.3) is 0 Å². The highest BCUT2D eigenvalue weighted by molar-refractivity contribution is 4.99. The van der Waals surface area contributed by atoms with Gasteiger partial charge in [-0.2, -0.15) is 5.10 Å². The summed E-state index contributed by atoms with van der Waals surface area (Å²) in [6.07, 6.45) is 2.22. The molecule has 1 atom stereocenters. The summed E-state index contributed by atoms with van der Waals surface area (Å²) in [5.41, 5.74) is 0.942. The average Bonchev–Trinajstić information content (AvgIpc) is 2.13. The first-order chi connectivity index (χ1) is 4.68. The van der Waals surface area contributed by atoms with Gasteiger partial charge in [0.1, 0.15) is 0 Å². The van der Waals surface area contributed by atoms with Crippen molar-refractivity contribution in [1.82, 2.24) is 9.78 Å². The fourth-order valence-electron chi connectivity index (χ4n) is 0.875. The number of aryl methyl sites for hydroxylation is 1. The first-order valence-corrected chi connectivity index (χ1v) is 3.35. The lowest BCUT2D eigenvalue weighted by Gasteiger charge is -1.97. The molecule has 0 aliphatic heterocycles. The molecule has 56 valence electrons. The van der Waals surface area contributed by atoms with Crippen molar-refractivity contribution in [3.8, 4) is 0 Å². The van der Waals surface area contributed by atoms with E-state index in [1.165, 1.54) is 0 Å². The lowest BCUT2D eigenvalue weighted by molar-refractivity contribution is 0.194. The predicted octanol–water partition coefficient (Wildman–Crippen LogP) is 0.343. The van der Waals surface area contributed by atoms with E-state index in [2.05, 4.69) is 5.10 Å². The van der Waals surface area contributed by atoms with E-state index >= 15 is 0 Å². The molecule has 0 aromatic carbocycles. The largest absolute Gasteiger partial charge is 0.393 e. The minimum absolute atomic E-state index is 0.296. The third-order valence-corrected chi connectivity index (χ3v) is 1.27. The fraction of sp³-hybridized carbons (Fsp3) is 0.571. The third kappa shape index (κ3) is 1.84. The maximum Gasteiger partial charge on any atom is 0.0650 e. The van der Waals surface area contributed by atoms with Crippen LogP contribution in [0.2, 0.25) is 0 Å². The second-order valence-corrected chi connectivity index (χ2v) is 2.53. The van der Waals surface area contributed by atoms with Gasteiger partial charge in [-0.25, -0.2) is 0 Å². The third-order valence-electron chi connectivity index (χ3n) is 1.27. The van der Waals surface area contributed by atoms with Gasteiger partial charge in [0.15, 0.2) is 0 Å². The number of aromatic nitrogens is 2. The van der Waals surface area contributed by atoms with Crippen LogP contribution in [0.4, 0.5) is 0 Å². The zero-order chi connectivity index (χ0) is 7.56. The van der Waals surface area contributed by atoms with Crippen molar-refractivity contribution in [3.63, 3.8) is 0 Å². The summed E-state index contributed by atoms with van der Waals surface area (Å²) in [6, 6.07) is 1.91. The number of hydrogen-bond donors (Lipinski definition) is 1. The molecule has 1 rings (SSSR count). The summed E-state index contributed by atoms with van der Waals surface area (Å²) in [5.74, 6) is 0. The van der Waals surface area contributed by atoms with Gasteiger partial charge < -0.3 is 5.11 Å². The van der Waals surface area contributed by atoms with Crippen LogP contribution in [0.1, 0.15) is 12.6 Å². The van der Waals surface area contributed by atoms with Crippen LogP contribution in [0.3, 0.4) is 0 Å². The molecule has 0 fully saturated rings. The molecule has 0 bridgehead atoms. The van der Waals surface area contributed by atoms with Gasteiger partial charge in [-0.3, -0.25) is 4.68 Å². The molecule has 1 aromatic rings. The van der Waals surface area contributed by atoms with Gasteiger partial charge in [0.2, 0.25) is 0 Å². The Morgan fingerprint density at radius 2 is 2.50 bits per heavy atom. The predicted molar refractivity (Wildman–Crippen MR) is 38.6 cm³/mol. The van der Waals surface area contributed by atoms with E-state index < -0.39 is 0 Å². The van der Waals surface area contributed by atoms with E-state index in [1.54, 1.807) is 11.6 Å². The number of aliphatic hydroxyl groups excluding tert-OH is 1. The lowest BCUT2D eigenvalue weighted by Crippen LogP contribution is -2.05. The van der Waals surface area contributed by atoms with Crippen LogP contribution in [0.25, 0.3) is 0 Å². The Balaban J connectivity index is 2.58. The Hall–Kier alpha value is -0.830. The minimum atomic E-state index is -0.296. The molecule has 1 N–H and O–H groups in total. The second kappa shape index (κ2) is 2.84. The van der Waals surface area contributed by atoms with Gasteiger partial charge in [-0.05, 0) is 13.0 Å². The van der Waals surface area contributed by atoms with Crippen LogP contribution >= 0.6 is 0 Å². The molecule has 0 aliphatic rings. The van der Waals surface area contributed by atoms with E-state index in [-0.39, 0.29) is 6.10 Å². The van der Waals surface area contributed by atoms with Gasteiger partial charge in [-0.1, -0.05) is 0 Å². The molecule has 3 heteroatoms. The summed E-state index contributed by atoms with van der Waals surface area (Å²) in [6.45, 7) is 1.76.